The highest BCUT2D eigenvalue weighted by atomic mass is 16.5. The molecule has 5 aliphatic heterocycles. The standard InChI is InChI=1S/C24H34N4O5/c1-27-16-9-13(10-29)21(27)15-8-12-5-6-14(26-23(31)20-18(30)4-3-7-25-20)22(32-2)19(12)17-11-33-24(16)28(15)17/h5-6,13,15-18,20-21,24-25,29-30H,3-4,7-11H2,1-2H3,(H,26,31)/t13-,15-,16-,17?,18+,20-,21+,24?/m0/s1. The highest BCUT2D eigenvalue weighted by Gasteiger charge is 2.60. The van der Waals surface area contributed by atoms with Crippen molar-refractivity contribution in [3.05, 3.63) is 23.3 Å². The van der Waals surface area contributed by atoms with Crippen LogP contribution in [-0.4, -0.2) is 96.3 Å². The number of hydrogen-bond acceptors (Lipinski definition) is 8. The van der Waals surface area contributed by atoms with E-state index in [1.165, 1.54) is 5.56 Å². The molecule has 0 aliphatic carbocycles. The van der Waals surface area contributed by atoms with Crippen LogP contribution in [0.25, 0.3) is 0 Å². The van der Waals surface area contributed by atoms with Crippen molar-refractivity contribution in [2.75, 3.05) is 39.2 Å². The summed E-state index contributed by atoms with van der Waals surface area (Å²) < 4.78 is 12.3. The van der Waals surface area contributed by atoms with Gasteiger partial charge in [-0.1, -0.05) is 6.07 Å². The number of carbonyl (C=O) groups is 1. The van der Waals surface area contributed by atoms with E-state index < -0.39 is 12.1 Å². The molecule has 5 heterocycles. The Bertz CT molecular complexity index is 944. The number of fused-ring (bicyclic) bond motifs is 6. The molecule has 0 spiro atoms. The van der Waals surface area contributed by atoms with Gasteiger partial charge in [-0.05, 0) is 50.9 Å². The summed E-state index contributed by atoms with van der Waals surface area (Å²) in [6.07, 6.45) is 2.62. The fourth-order valence-electron chi connectivity index (χ4n) is 7.24. The third kappa shape index (κ3) is 3.17. The molecule has 2 unspecified atom stereocenters. The highest BCUT2D eigenvalue weighted by molar-refractivity contribution is 5.97. The fraction of sp³-hybridized carbons (Fsp3) is 0.708. The second-order valence-corrected chi connectivity index (χ2v) is 10.2. The van der Waals surface area contributed by atoms with E-state index in [1.54, 1.807) is 7.11 Å². The first kappa shape index (κ1) is 21.8. The fourth-order valence-corrected chi connectivity index (χ4v) is 7.24. The third-order valence-corrected chi connectivity index (χ3v) is 8.66. The lowest BCUT2D eigenvalue weighted by molar-refractivity contribution is -0.121. The van der Waals surface area contributed by atoms with E-state index >= 15 is 0 Å². The average Bonchev–Trinajstić information content (AvgIpc) is 3.36. The molecule has 1 aromatic rings. The number of amides is 1. The van der Waals surface area contributed by atoms with Crippen LogP contribution in [-0.2, 0) is 16.0 Å². The van der Waals surface area contributed by atoms with E-state index in [0.29, 0.717) is 30.5 Å². The molecule has 4 saturated heterocycles. The van der Waals surface area contributed by atoms with Crippen molar-refractivity contribution >= 4 is 11.6 Å². The largest absolute Gasteiger partial charge is 0.494 e. The average molecular weight is 459 g/mol. The Balaban J connectivity index is 1.34. The molecule has 1 amide bonds. The zero-order chi connectivity index (χ0) is 22.9. The first-order valence-electron chi connectivity index (χ1n) is 12.2. The highest BCUT2D eigenvalue weighted by Crippen LogP contribution is 2.53. The minimum absolute atomic E-state index is 0.00971. The Hall–Kier alpha value is -1.75. The van der Waals surface area contributed by atoms with Gasteiger partial charge in [0.15, 0.2) is 0 Å². The molecule has 5 aliphatic rings. The van der Waals surface area contributed by atoms with Crippen LogP contribution in [0.5, 0.6) is 5.75 Å². The topological polar surface area (TPSA) is 107 Å². The second-order valence-electron chi connectivity index (χ2n) is 10.2. The predicted molar refractivity (Wildman–Crippen MR) is 121 cm³/mol. The molecule has 0 saturated carbocycles. The minimum atomic E-state index is -0.688. The maximum Gasteiger partial charge on any atom is 0.244 e. The van der Waals surface area contributed by atoms with Gasteiger partial charge in [-0.3, -0.25) is 14.6 Å². The van der Waals surface area contributed by atoms with Gasteiger partial charge in [-0.2, -0.15) is 0 Å². The summed E-state index contributed by atoms with van der Waals surface area (Å²) in [5.41, 5.74) is 2.94. The minimum Gasteiger partial charge on any atom is -0.494 e. The number of anilines is 1. The monoisotopic (exact) mass is 458 g/mol. The van der Waals surface area contributed by atoms with Gasteiger partial charge in [0.1, 0.15) is 18.0 Å². The van der Waals surface area contributed by atoms with Gasteiger partial charge in [0.05, 0.1) is 31.5 Å². The summed E-state index contributed by atoms with van der Waals surface area (Å²) in [4.78, 5) is 17.9. The lowest BCUT2D eigenvalue weighted by Crippen LogP contribution is -2.64. The molecule has 33 heavy (non-hydrogen) atoms. The maximum absolute atomic E-state index is 12.9. The molecule has 8 atom stereocenters. The molecule has 2 bridgehead atoms. The molecule has 9 heteroatoms. The number of benzene rings is 1. The van der Waals surface area contributed by atoms with Crippen molar-refractivity contribution in [1.29, 1.82) is 0 Å². The number of piperazine rings is 1. The number of ether oxygens (including phenoxy) is 2. The summed E-state index contributed by atoms with van der Waals surface area (Å²) >= 11 is 0. The van der Waals surface area contributed by atoms with Gasteiger partial charge < -0.3 is 30.3 Å². The summed E-state index contributed by atoms with van der Waals surface area (Å²) in [6.45, 7) is 1.51. The number of methoxy groups -OCH3 is 1. The number of likely N-dealkylation sites (N-methyl/N-ethyl adjacent to an activating group) is 1. The lowest BCUT2D eigenvalue weighted by Gasteiger charge is -2.51. The SMILES string of the molecule is COc1c(NC(=O)[C@H]2NCCC[C@H]2O)ccc2c1C1COC3[C@@H]4C[C@@H](CO)[C@H]([C@H](C2)N13)N4C. The van der Waals surface area contributed by atoms with Crippen LogP contribution in [0.3, 0.4) is 0 Å². The van der Waals surface area contributed by atoms with E-state index in [-0.39, 0.29) is 42.8 Å². The molecule has 4 N–H and O–H groups in total. The molecule has 4 fully saturated rings. The zero-order valence-corrected chi connectivity index (χ0v) is 19.2. The molecule has 1 aromatic carbocycles. The van der Waals surface area contributed by atoms with Gasteiger partial charge in [0.2, 0.25) is 5.91 Å². The number of nitrogens with one attached hydrogen (secondary N) is 2. The Kier molecular flexibility index (Phi) is 5.39. The number of carbonyl (C=O) groups excluding carboxylic acids is 1. The smallest absolute Gasteiger partial charge is 0.244 e. The zero-order valence-electron chi connectivity index (χ0n) is 19.2. The van der Waals surface area contributed by atoms with Gasteiger partial charge in [-0.25, -0.2) is 0 Å². The van der Waals surface area contributed by atoms with E-state index in [2.05, 4.69) is 33.5 Å². The van der Waals surface area contributed by atoms with Crippen LogP contribution in [0.15, 0.2) is 12.1 Å². The van der Waals surface area contributed by atoms with Gasteiger partial charge >= 0.3 is 0 Å². The van der Waals surface area contributed by atoms with Gasteiger partial charge in [0.25, 0.3) is 0 Å². The number of hydrogen-bond donors (Lipinski definition) is 4. The van der Waals surface area contributed by atoms with Crippen LogP contribution in [0.2, 0.25) is 0 Å². The number of piperidine rings is 1. The molecule has 180 valence electrons. The van der Waals surface area contributed by atoms with E-state index in [9.17, 15) is 15.0 Å². The van der Waals surface area contributed by atoms with Crippen molar-refractivity contribution in [3.8, 4) is 5.75 Å². The van der Waals surface area contributed by atoms with E-state index in [4.69, 9.17) is 9.47 Å². The summed E-state index contributed by atoms with van der Waals surface area (Å²) in [5, 5.41) is 26.5. The van der Waals surface area contributed by atoms with Gasteiger partial charge in [-0.15, -0.1) is 0 Å². The van der Waals surface area contributed by atoms with E-state index in [0.717, 1.165) is 31.4 Å². The molecule has 9 nitrogen and oxygen atoms in total. The Morgan fingerprint density at radius 2 is 2.21 bits per heavy atom. The quantitative estimate of drug-likeness (QED) is 0.502. The molecular weight excluding hydrogens is 424 g/mol. The first-order valence-corrected chi connectivity index (χ1v) is 12.2. The normalized spacial score (nSPS) is 39.8. The molecule has 6 rings (SSSR count). The molecule has 0 radical (unpaired) electrons. The van der Waals surface area contributed by atoms with Crippen molar-refractivity contribution in [2.24, 2.45) is 5.92 Å². The van der Waals surface area contributed by atoms with Crippen LogP contribution in [0.4, 0.5) is 5.69 Å². The molecule has 0 aromatic heterocycles. The number of rotatable bonds is 4. The maximum atomic E-state index is 12.9. The van der Waals surface area contributed by atoms with Crippen molar-refractivity contribution < 1.29 is 24.5 Å². The van der Waals surface area contributed by atoms with Crippen molar-refractivity contribution in [3.63, 3.8) is 0 Å². The predicted octanol–water partition coefficient (Wildman–Crippen LogP) is 0.0655. The van der Waals surface area contributed by atoms with Crippen LogP contribution in [0, 0.1) is 5.92 Å². The van der Waals surface area contributed by atoms with Gasteiger partial charge in [0, 0.05) is 36.2 Å². The van der Waals surface area contributed by atoms with E-state index in [1.807, 2.05) is 6.07 Å². The Morgan fingerprint density at radius 1 is 1.36 bits per heavy atom. The first-order chi connectivity index (χ1) is 16.0. The Labute approximate surface area is 194 Å². The number of aliphatic hydroxyl groups is 2. The van der Waals surface area contributed by atoms with Crippen LogP contribution >= 0.6 is 0 Å². The lowest BCUT2D eigenvalue weighted by atomic mass is 9.81. The Morgan fingerprint density at radius 3 is 2.97 bits per heavy atom. The number of aliphatic hydroxyl groups excluding tert-OH is 2. The van der Waals surface area contributed by atoms with Crippen LogP contribution in [0.1, 0.15) is 36.4 Å². The second kappa shape index (κ2) is 8.18. The summed E-state index contributed by atoms with van der Waals surface area (Å²) in [7, 11) is 3.81. The molecular formula is C24H34N4O5. The summed E-state index contributed by atoms with van der Waals surface area (Å²) in [5.74, 6) is 0.707. The third-order valence-electron chi connectivity index (χ3n) is 8.66. The van der Waals surface area contributed by atoms with Crippen molar-refractivity contribution in [1.82, 2.24) is 15.1 Å². The van der Waals surface area contributed by atoms with Crippen LogP contribution < -0.4 is 15.4 Å². The summed E-state index contributed by atoms with van der Waals surface area (Å²) in [6, 6.07) is 4.32. The van der Waals surface area contributed by atoms with Crippen molar-refractivity contribution in [2.45, 2.75) is 68.2 Å². The number of nitrogens with zero attached hydrogens (tertiary/aromatic N) is 2.